The number of alkyl halides is 1. The summed E-state index contributed by atoms with van der Waals surface area (Å²) in [5.74, 6) is 0.696. The highest BCUT2D eigenvalue weighted by molar-refractivity contribution is 14.1. The van der Waals surface area contributed by atoms with Crippen LogP contribution in [0.1, 0.15) is 30.5 Å². The number of halogens is 1. The molecule has 0 radical (unpaired) electrons. The molecule has 1 rings (SSSR count). The highest BCUT2D eigenvalue weighted by atomic mass is 127. The maximum Gasteiger partial charge on any atom is 0.0211 e. The molecule has 2 heteroatoms. The topological polar surface area (TPSA) is 12.0 Å². The van der Waals surface area contributed by atoms with E-state index in [4.69, 9.17) is 0 Å². The second-order valence-electron chi connectivity index (χ2n) is 4.82. The van der Waals surface area contributed by atoms with E-state index in [0.29, 0.717) is 12.0 Å². The maximum atomic E-state index is 3.65. The standard InChI is InChI=1S/C14H22IN/c1-10(2)14(8-15)16-9-13-7-11(3)5-6-12(13)4/h5-7,10,14,16H,8-9H2,1-4H3. The molecular weight excluding hydrogens is 309 g/mol. The summed E-state index contributed by atoms with van der Waals surface area (Å²) in [6, 6.07) is 7.28. The van der Waals surface area contributed by atoms with Gasteiger partial charge in [-0.1, -0.05) is 60.2 Å². The highest BCUT2D eigenvalue weighted by Crippen LogP contribution is 2.12. The zero-order valence-corrected chi connectivity index (χ0v) is 12.8. The van der Waals surface area contributed by atoms with Crippen molar-refractivity contribution in [1.82, 2.24) is 5.32 Å². The Labute approximate surface area is 113 Å². The molecule has 0 saturated carbocycles. The zero-order chi connectivity index (χ0) is 12.1. The van der Waals surface area contributed by atoms with Crippen LogP contribution in [0.4, 0.5) is 0 Å². The third-order valence-electron chi connectivity index (χ3n) is 3.03. The minimum Gasteiger partial charge on any atom is -0.309 e. The van der Waals surface area contributed by atoms with E-state index >= 15 is 0 Å². The van der Waals surface area contributed by atoms with E-state index in [1.54, 1.807) is 0 Å². The number of hydrogen-bond donors (Lipinski definition) is 1. The van der Waals surface area contributed by atoms with Crippen LogP contribution in [-0.4, -0.2) is 10.5 Å². The summed E-state index contributed by atoms with van der Waals surface area (Å²) < 4.78 is 1.17. The Kier molecular flexibility index (Phi) is 5.76. The SMILES string of the molecule is Cc1ccc(C)c(CNC(CI)C(C)C)c1. The van der Waals surface area contributed by atoms with Crippen LogP contribution in [0.3, 0.4) is 0 Å². The van der Waals surface area contributed by atoms with Crippen molar-refractivity contribution in [3.63, 3.8) is 0 Å². The average molecular weight is 331 g/mol. The number of benzene rings is 1. The van der Waals surface area contributed by atoms with Gasteiger partial charge in [0, 0.05) is 17.0 Å². The van der Waals surface area contributed by atoms with Crippen LogP contribution in [0.15, 0.2) is 18.2 Å². The van der Waals surface area contributed by atoms with Crippen molar-refractivity contribution in [3.05, 3.63) is 34.9 Å². The lowest BCUT2D eigenvalue weighted by atomic mass is 10.0. The molecule has 1 N–H and O–H groups in total. The molecule has 0 aromatic heterocycles. The molecule has 1 atom stereocenters. The molecule has 1 nitrogen and oxygen atoms in total. The van der Waals surface area contributed by atoms with Gasteiger partial charge in [-0.3, -0.25) is 0 Å². The molecule has 0 spiro atoms. The summed E-state index contributed by atoms with van der Waals surface area (Å²) in [5.41, 5.74) is 4.16. The molecular formula is C14H22IN. The Morgan fingerprint density at radius 1 is 1.25 bits per heavy atom. The van der Waals surface area contributed by atoms with Crippen LogP contribution in [0, 0.1) is 19.8 Å². The first-order chi connectivity index (χ1) is 7.54. The van der Waals surface area contributed by atoms with Crippen LogP contribution in [-0.2, 0) is 6.54 Å². The van der Waals surface area contributed by atoms with E-state index in [1.807, 2.05) is 0 Å². The molecule has 0 saturated heterocycles. The van der Waals surface area contributed by atoms with Gasteiger partial charge in [-0.15, -0.1) is 0 Å². The van der Waals surface area contributed by atoms with Crippen molar-refractivity contribution in [2.45, 2.75) is 40.3 Å². The van der Waals surface area contributed by atoms with Gasteiger partial charge in [-0.05, 0) is 30.9 Å². The van der Waals surface area contributed by atoms with Crippen LogP contribution < -0.4 is 5.32 Å². The Balaban J connectivity index is 2.63. The predicted octanol–water partition coefficient (Wildman–Crippen LogP) is 3.85. The lowest BCUT2D eigenvalue weighted by Crippen LogP contribution is -2.34. The summed E-state index contributed by atoms with van der Waals surface area (Å²) in [5, 5.41) is 3.65. The van der Waals surface area contributed by atoms with Crippen molar-refractivity contribution in [3.8, 4) is 0 Å². The number of rotatable bonds is 5. The maximum absolute atomic E-state index is 3.65. The van der Waals surface area contributed by atoms with Gasteiger partial charge in [0.25, 0.3) is 0 Å². The van der Waals surface area contributed by atoms with Gasteiger partial charge < -0.3 is 5.32 Å². The van der Waals surface area contributed by atoms with Gasteiger partial charge in [0.05, 0.1) is 0 Å². The average Bonchev–Trinajstić information content (AvgIpc) is 2.23. The Morgan fingerprint density at radius 2 is 1.94 bits per heavy atom. The van der Waals surface area contributed by atoms with E-state index in [-0.39, 0.29) is 0 Å². The van der Waals surface area contributed by atoms with Crippen LogP contribution >= 0.6 is 22.6 Å². The minimum atomic E-state index is 0.612. The normalized spacial score (nSPS) is 13.1. The summed E-state index contributed by atoms with van der Waals surface area (Å²) in [7, 11) is 0. The fraction of sp³-hybridized carbons (Fsp3) is 0.571. The molecule has 0 aliphatic rings. The third-order valence-corrected chi connectivity index (χ3v) is 3.98. The molecule has 0 fully saturated rings. The molecule has 0 aliphatic carbocycles. The molecule has 90 valence electrons. The molecule has 0 heterocycles. The van der Waals surface area contributed by atoms with Gasteiger partial charge in [0.1, 0.15) is 0 Å². The molecule has 16 heavy (non-hydrogen) atoms. The lowest BCUT2D eigenvalue weighted by Gasteiger charge is -2.20. The van der Waals surface area contributed by atoms with Crippen molar-refractivity contribution >= 4 is 22.6 Å². The lowest BCUT2D eigenvalue weighted by molar-refractivity contribution is 0.436. The van der Waals surface area contributed by atoms with Gasteiger partial charge >= 0.3 is 0 Å². The quantitative estimate of drug-likeness (QED) is 0.638. The first-order valence-corrected chi connectivity index (χ1v) is 7.42. The molecule has 1 aromatic carbocycles. The monoisotopic (exact) mass is 331 g/mol. The van der Waals surface area contributed by atoms with Crippen molar-refractivity contribution in [2.24, 2.45) is 5.92 Å². The second kappa shape index (κ2) is 6.60. The van der Waals surface area contributed by atoms with Gasteiger partial charge in [0.2, 0.25) is 0 Å². The van der Waals surface area contributed by atoms with E-state index in [0.717, 1.165) is 6.54 Å². The van der Waals surface area contributed by atoms with Gasteiger partial charge in [-0.25, -0.2) is 0 Å². The van der Waals surface area contributed by atoms with E-state index in [2.05, 4.69) is 73.8 Å². The third kappa shape index (κ3) is 4.06. The Bertz CT molecular complexity index is 334. The molecule has 0 bridgehead atoms. The summed E-state index contributed by atoms with van der Waals surface area (Å²) >= 11 is 2.46. The summed E-state index contributed by atoms with van der Waals surface area (Å²) in [4.78, 5) is 0. The zero-order valence-electron chi connectivity index (χ0n) is 10.7. The summed E-state index contributed by atoms with van der Waals surface area (Å²) in [6.45, 7) is 9.88. The Hall–Kier alpha value is -0.0900. The number of nitrogens with one attached hydrogen (secondary N) is 1. The van der Waals surface area contributed by atoms with Crippen LogP contribution in [0.5, 0.6) is 0 Å². The molecule has 0 amide bonds. The number of hydrogen-bond acceptors (Lipinski definition) is 1. The number of aryl methyl sites for hydroxylation is 2. The van der Waals surface area contributed by atoms with E-state index in [1.165, 1.54) is 21.1 Å². The Morgan fingerprint density at radius 3 is 2.50 bits per heavy atom. The first-order valence-electron chi connectivity index (χ1n) is 5.90. The van der Waals surface area contributed by atoms with Crippen molar-refractivity contribution < 1.29 is 0 Å². The first kappa shape index (κ1) is 14.0. The largest absolute Gasteiger partial charge is 0.309 e. The molecule has 1 aromatic rings. The fourth-order valence-electron chi connectivity index (χ4n) is 1.70. The molecule has 1 unspecified atom stereocenters. The minimum absolute atomic E-state index is 0.612. The summed E-state index contributed by atoms with van der Waals surface area (Å²) in [6.07, 6.45) is 0. The second-order valence-corrected chi connectivity index (χ2v) is 5.70. The van der Waals surface area contributed by atoms with Gasteiger partial charge in [-0.2, -0.15) is 0 Å². The van der Waals surface area contributed by atoms with Crippen LogP contribution in [0.25, 0.3) is 0 Å². The predicted molar refractivity (Wildman–Crippen MR) is 80.3 cm³/mol. The van der Waals surface area contributed by atoms with Crippen molar-refractivity contribution in [2.75, 3.05) is 4.43 Å². The van der Waals surface area contributed by atoms with Gasteiger partial charge in [0.15, 0.2) is 0 Å². The van der Waals surface area contributed by atoms with E-state index < -0.39 is 0 Å². The van der Waals surface area contributed by atoms with Crippen LogP contribution in [0.2, 0.25) is 0 Å². The van der Waals surface area contributed by atoms with Crippen molar-refractivity contribution in [1.29, 1.82) is 0 Å². The fourth-order valence-corrected chi connectivity index (χ4v) is 3.03. The molecule has 0 aliphatic heterocycles. The van der Waals surface area contributed by atoms with E-state index in [9.17, 15) is 0 Å². The highest BCUT2D eigenvalue weighted by Gasteiger charge is 2.11. The smallest absolute Gasteiger partial charge is 0.0211 e.